The quantitative estimate of drug-likeness (QED) is 0.435. The highest BCUT2D eigenvalue weighted by Gasteiger charge is 2.48. The number of H-pyrrole nitrogens is 1. The molecule has 3 aromatic carbocycles. The van der Waals surface area contributed by atoms with Crippen LogP contribution >= 0.6 is 0 Å². The molecule has 1 fully saturated rings. The van der Waals surface area contributed by atoms with Crippen molar-refractivity contribution in [1.29, 1.82) is 0 Å². The molecule has 0 saturated carbocycles. The van der Waals surface area contributed by atoms with Gasteiger partial charge in [0, 0.05) is 23.0 Å². The van der Waals surface area contributed by atoms with Crippen molar-refractivity contribution < 1.29 is 14.3 Å². The second-order valence-electron chi connectivity index (χ2n) is 9.04. The van der Waals surface area contributed by atoms with E-state index < -0.39 is 6.04 Å². The second kappa shape index (κ2) is 9.00. The maximum atomic E-state index is 13.7. The van der Waals surface area contributed by atoms with Crippen LogP contribution < -0.4 is 4.74 Å². The number of nitrogens with zero attached hydrogens (tertiary/aromatic N) is 3. The Labute approximate surface area is 209 Å². The van der Waals surface area contributed by atoms with Gasteiger partial charge in [0.15, 0.2) is 0 Å². The molecule has 3 heterocycles. The number of rotatable bonds is 5. The summed E-state index contributed by atoms with van der Waals surface area (Å²) in [4.78, 5) is 32.5. The van der Waals surface area contributed by atoms with Crippen LogP contribution in [0.15, 0.2) is 84.0 Å². The van der Waals surface area contributed by atoms with E-state index in [4.69, 9.17) is 4.74 Å². The maximum absolute atomic E-state index is 13.7. The number of hydrazone groups is 1. The molecule has 0 bridgehead atoms. The van der Waals surface area contributed by atoms with E-state index in [1.54, 1.807) is 11.1 Å². The third-order valence-electron chi connectivity index (χ3n) is 6.90. The van der Waals surface area contributed by atoms with Gasteiger partial charge in [0.2, 0.25) is 5.91 Å². The first kappa shape index (κ1) is 22.1. The number of carbonyl (C=O) groups excluding carboxylic acids is 2. The zero-order chi connectivity index (χ0) is 24.6. The zero-order valence-corrected chi connectivity index (χ0v) is 19.9. The Hall–Kier alpha value is -4.39. The number of ether oxygens (including phenoxy) is 1. The van der Waals surface area contributed by atoms with Crippen LogP contribution in [0.3, 0.4) is 0 Å². The number of aromatic amines is 1. The first-order valence-electron chi connectivity index (χ1n) is 12.2. The molecule has 7 heteroatoms. The Bertz CT molecular complexity index is 1460. The fourth-order valence-electron chi connectivity index (χ4n) is 5.28. The molecule has 0 spiro atoms. The number of piperazine rings is 1. The zero-order valence-electron chi connectivity index (χ0n) is 19.9. The number of amides is 2. The average molecular weight is 479 g/mol. The summed E-state index contributed by atoms with van der Waals surface area (Å²) < 4.78 is 5.48. The van der Waals surface area contributed by atoms with Crippen LogP contribution in [0.2, 0.25) is 0 Å². The van der Waals surface area contributed by atoms with Gasteiger partial charge in [-0.15, -0.1) is 0 Å². The minimum Gasteiger partial charge on any atom is -0.494 e. The molecule has 7 nitrogen and oxygen atoms in total. The number of nitrogens with one attached hydrogen (secondary N) is 1. The SMILES string of the molecule is CCOc1ccc(C=NN2CC(=O)N3C(c4ccccc4)c4[nH]c5ccccc5c4C[C@H]3C2=O)cc1. The highest BCUT2D eigenvalue weighted by atomic mass is 16.5. The summed E-state index contributed by atoms with van der Waals surface area (Å²) in [6.07, 6.45) is 2.06. The van der Waals surface area contributed by atoms with Crippen LogP contribution in [-0.4, -0.2) is 52.1 Å². The molecule has 2 aliphatic heterocycles. The average Bonchev–Trinajstić information content (AvgIpc) is 3.28. The second-order valence-corrected chi connectivity index (χ2v) is 9.04. The maximum Gasteiger partial charge on any atom is 0.266 e. The summed E-state index contributed by atoms with van der Waals surface area (Å²) in [6.45, 7) is 2.43. The van der Waals surface area contributed by atoms with Crippen LogP contribution in [0, 0.1) is 0 Å². The molecule has 180 valence electrons. The molecule has 0 aliphatic carbocycles. The van der Waals surface area contributed by atoms with E-state index >= 15 is 0 Å². The molecule has 2 atom stereocenters. The van der Waals surface area contributed by atoms with Crippen molar-refractivity contribution >= 4 is 28.9 Å². The lowest BCUT2D eigenvalue weighted by molar-refractivity contribution is -0.158. The largest absolute Gasteiger partial charge is 0.494 e. The van der Waals surface area contributed by atoms with Crippen molar-refractivity contribution in [3.8, 4) is 5.75 Å². The molecule has 36 heavy (non-hydrogen) atoms. The van der Waals surface area contributed by atoms with Gasteiger partial charge in [-0.1, -0.05) is 48.5 Å². The summed E-state index contributed by atoms with van der Waals surface area (Å²) in [5.41, 5.74) is 4.87. The van der Waals surface area contributed by atoms with Gasteiger partial charge in [0.05, 0.1) is 18.9 Å². The predicted octanol–water partition coefficient (Wildman–Crippen LogP) is 4.29. The van der Waals surface area contributed by atoms with Crippen molar-refractivity contribution in [1.82, 2.24) is 14.9 Å². The monoisotopic (exact) mass is 478 g/mol. The Morgan fingerprint density at radius 2 is 1.75 bits per heavy atom. The van der Waals surface area contributed by atoms with Crippen LogP contribution in [0.1, 0.15) is 35.3 Å². The lowest BCUT2D eigenvalue weighted by Crippen LogP contribution is -2.61. The predicted molar refractivity (Wildman–Crippen MR) is 138 cm³/mol. The Kier molecular flexibility index (Phi) is 5.52. The molecule has 4 aromatic rings. The normalized spacial score (nSPS) is 19.6. The molecular formula is C29H26N4O3. The van der Waals surface area contributed by atoms with Crippen molar-refractivity contribution in [2.24, 2.45) is 5.10 Å². The highest BCUT2D eigenvalue weighted by Crippen LogP contribution is 2.42. The van der Waals surface area contributed by atoms with Gasteiger partial charge in [0.25, 0.3) is 5.91 Å². The Morgan fingerprint density at radius 3 is 2.53 bits per heavy atom. The standard InChI is InChI=1S/C29H26N4O3/c1-2-36-21-14-12-19(13-15-21)17-30-32-18-26(34)33-25(29(32)35)16-23-22-10-6-7-11-24(22)31-27(23)28(33)20-8-4-3-5-9-20/h3-15,17,25,28,31H,2,16,18H2,1H3/t25-,28?/m0/s1. The third-order valence-corrected chi connectivity index (χ3v) is 6.90. The molecule has 1 aromatic heterocycles. The van der Waals surface area contributed by atoms with Gasteiger partial charge >= 0.3 is 0 Å². The first-order chi connectivity index (χ1) is 17.6. The number of aromatic nitrogens is 1. The highest BCUT2D eigenvalue weighted by molar-refractivity contribution is 5.98. The van der Waals surface area contributed by atoms with Crippen molar-refractivity contribution in [2.75, 3.05) is 13.2 Å². The molecule has 0 radical (unpaired) electrons. The molecule has 6 rings (SSSR count). The van der Waals surface area contributed by atoms with Gasteiger partial charge in [0.1, 0.15) is 18.3 Å². The fourth-order valence-corrected chi connectivity index (χ4v) is 5.28. The summed E-state index contributed by atoms with van der Waals surface area (Å²) >= 11 is 0. The number of fused-ring (bicyclic) bond motifs is 4. The number of benzene rings is 3. The number of hydrogen-bond donors (Lipinski definition) is 1. The van der Waals surface area contributed by atoms with Gasteiger partial charge in [-0.2, -0.15) is 5.10 Å². The topological polar surface area (TPSA) is 78.0 Å². The van der Waals surface area contributed by atoms with Crippen LogP contribution in [0.25, 0.3) is 10.9 Å². The van der Waals surface area contributed by atoms with Crippen LogP contribution in [0.5, 0.6) is 5.75 Å². The Balaban J connectivity index is 1.36. The van der Waals surface area contributed by atoms with E-state index in [1.807, 2.05) is 79.7 Å². The lowest BCUT2D eigenvalue weighted by atomic mass is 9.86. The van der Waals surface area contributed by atoms with Crippen molar-refractivity contribution in [3.63, 3.8) is 0 Å². The molecular weight excluding hydrogens is 452 g/mol. The number of para-hydroxylation sites is 1. The summed E-state index contributed by atoms with van der Waals surface area (Å²) in [7, 11) is 0. The summed E-state index contributed by atoms with van der Waals surface area (Å²) in [5.74, 6) is 0.480. The van der Waals surface area contributed by atoms with Gasteiger partial charge in [-0.05, 0) is 53.9 Å². The van der Waals surface area contributed by atoms with E-state index in [9.17, 15) is 9.59 Å². The minimum atomic E-state index is -0.624. The number of carbonyl (C=O) groups is 2. The molecule has 1 unspecified atom stereocenters. The minimum absolute atomic E-state index is 0.0955. The van der Waals surface area contributed by atoms with Crippen molar-refractivity contribution in [3.05, 3.63) is 101 Å². The van der Waals surface area contributed by atoms with Gasteiger partial charge < -0.3 is 14.6 Å². The Morgan fingerprint density at radius 1 is 1.00 bits per heavy atom. The van der Waals surface area contributed by atoms with Gasteiger partial charge in [-0.25, -0.2) is 5.01 Å². The first-order valence-corrected chi connectivity index (χ1v) is 12.2. The van der Waals surface area contributed by atoms with E-state index in [2.05, 4.69) is 16.2 Å². The molecule has 1 saturated heterocycles. The summed E-state index contributed by atoms with van der Waals surface area (Å²) in [6, 6.07) is 24.5. The van der Waals surface area contributed by atoms with Crippen molar-refractivity contribution in [2.45, 2.75) is 25.4 Å². The third kappa shape index (κ3) is 3.73. The smallest absolute Gasteiger partial charge is 0.266 e. The summed E-state index contributed by atoms with van der Waals surface area (Å²) in [5, 5.41) is 6.81. The van der Waals surface area contributed by atoms with E-state index in [-0.39, 0.29) is 24.4 Å². The fraction of sp³-hybridized carbons (Fsp3) is 0.207. The van der Waals surface area contributed by atoms with E-state index in [1.165, 1.54) is 5.01 Å². The van der Waals surface area contributed by atoms with E-state index in [0.717, 1.165) is 39.0 Å². The van der Waals surface area contributed by atoms with Crippen LogP contribution in [-0.2, 0) is 16.0 Å². The molecule has 2 amide bonds. The molecule has 1 N–H and O–H groups in total. The number of hydrogen-bond acceptors (Lipinski definition) is 4. The molecule has 2 aliphatic rings. The van der Waals surface area contributed by atoms with E-state index in [0.29, 0.717) is 13.0 Å². The van der Waals surface area contributed by atoms with Crippen LogP contribution in [0.4, 0.5) is 0 Å². The lowest BCUT2D eigenvalue weighted by Gasteiger charge is -2.45. The van der Waals surface area contributed by atoms with Gasteiger partial charge in [-0.3, -0.25) is 9.59 Å².